The largest absolute Gasteiger partial charge is 0.491 e. The molecule has 30 heavy (non-hydrogen) atoms. The van der Waals surface area contributed by atoms with Crippen LogP contribution in [-0.4, -0.2) is 35.4 Å². The molecule has 11 heteroatoms. The van der Waals surface area contributed by atoms with E-state index in [1.165, 1.54) is 15.7 Å². The van der Waals surface area contributed by atoms with E-state index < -0.39 is 10.9 Å². The van der Waals surface area contributed by atoms with E-state index in [1.807, 2.05) is 54.6 Å². The lowest BCUT2D eigenvalue weighted by atomic mass is 10.3. The third-order valence-electron chi connectivity index (χ3n) is 3.96. The molecule has 0 unspecified atom stereocenters. The van der Waals surface area contributed by atoms with E-state index in [9.17, 15) is 14.9 Å². The first-order valence-electron chi connectivity index (χ1n) is 8.79. The lowest BCUT2D eigenvalue weighted by molar-refractivity contribution is -0.394. The lowest BCUT2D eigenvalue weighted by Gasteiger charge is -2.10. The standard InChI is InChI=1S/C19H15N7O3S/c27-18(16-10-11-24(22-16)13-25-12-20-19(23-25)26(28)29)21-15-8-4-5-9-17(15)30-14-6-2-1-3-7-14/h1-12H,13H2,(H,21,27). The highest BCUT2D eigenvalue weighted by Gasteiger charge is 2.15. The number of aromatic nitrogens is 5. The van der Waals surface area contributed by atoms with Gasteiger partial charge in [-0.15, -0.1) is 0 Å². The topological polar surface area (TPSA) is 121 Å². The van der Waals surface area contributed by atoms with Gasteiger partial charge in [-0.1, -0.05) is 47.1 Å². The van der Waals surface area contributed by atoms with Gasteiger partial charge in [-0.3, -0.25) is 4.79 Å². The van der Waals surface area contributed by atoms with Crippen molar-refractivity contribution in [3.05, 3.63) is 89.0 Å². The summed E-state index contributed by atoms with van der Waals surface area (Å²) in [7, 11) is 0. The Hall–Kier alpha value is -3.99. The summed E-state index contributed by atoms with van der Waals surface area (Å²) in [6.45, 7) is 0.0918. The minimum Gasteiger partial charge on any atom is -0.390 e. The van der Waals surface area contributed by atoms with Crippen molar-refractivity contribution in [2.75, 3.05) is 5.32 Å². The zero-order chi connectivity index (χ0) is 20.9. The van der Waals surface area contributed by atoms with E-state index in [2.05, 4.69) is 20.5 Å². The van der Waals surface area contributed by atoms with E-state index >= 15 is 0 Å². The Kier molecular flexibility index (Phi) is 5.52. The number of carbonyl (C=O) groups is 1. The number of benzene rings is 2. The highest BCUT2D eigenvalue weighted by molar-refractivity contribution is 7.99. The first-order chi connectivity index (χ1) is 14.6. The normalized spacial score (nSPS) is 10.7. The molecule has 2 heterocycles. The molecule has 2 aromatic heterocycles. The fraction of sp³-hybridized carbons (Fsp3) is 0.0526. The van der Waals surface area contributed by atoms with Crippen molar-refractivity contribution in [3.8, 4) is 0 Å². The van der Waals surface area contributed by atoms with E-state index in [-0.39, 0.29) is 18.3 Å². The summed E-state index contributed by atoms with van der Waals surface area (Å²) in [6.07, 6.45) is 2.82. The Labute approximate surface area is 174 Å². The predicted molar refractivity (Wildman–Crippen MR) is 109 cm³/mol. The fourth-order valence-corrected chi connectivity index (χ4v) is 3.53. The molecule has 150 valence electrons. The molecule has 10 nitrogen and oxygen atoms in total. The number of hydrogen-bond donors (Lipinski definition) is 1. The van der Waals surface area contributed by atoms with Crippen LogP contribution in [0.25, 0.3) is 0 Å². The molecule has 1 amide bonds. The summed E-state index contributed by atoms with van der Waals surface area (Å²) < 4.78 is 2.70. The maximum Gasteiger partial charge on any atom is 0.491 e. The van der Waals surface area contributed by atoms with Gasteiger partial charge in [0.05, 0.1) is 5.69 Å². The van der Waals surface area contributed by atoms with Gasteiger partial charge in [0.25, 0.3) is 5.91 Å². The smallest absolute Gasteiger partial charge is 0.390 e. The Morgan fingerprint density at radius 3 is 2.57 bits per heavy atom. The summed E-state index contributed by atoms with van der Waals surface area (Å²) in [6, 6.07) is 18.9. The molecule has 4 rings (SSSR count). The van der Waals surface area contributed by atoms with Gasteiger partial charge < -0.3 is 15.4 Å². The molecule has 0 aliphatic heterocycles. The van der Waals surface area contributed by atoms with Crippen LogP contribution in [0.5, 0.6) is 0 Å². The molecule has 4 aromatic rings. The maximum atomic E-state index is 12.7. The minimum atomic E-state index is -0.677. The maximum absolute atomic E-state index is 12.7. The van der Waals surface area contributed by atoms with Crippen LogP contribution in [0, 0.1) is 10.1 Å². The molecule has 0 aliphatic carbocycles. The average Bonchev–Trinajstić information content (AvgIpc) is 3.41. The number of rotatable bonds is 7. The zero-order valence-electron chi connectivity index (χ0n) is 15.5. The van der Waals surface area contributed by atoms with Crippen molar-refractivity contribution in [1.29, 1.82) is 0 Å². The van der Waals surface area contributed by atoms with Crippen LogP contribution < -0.4 is 5.32 Å². The molecule has 1 N–H and O–H groups in total. The van der Waals surface area contributed by atoms with E-state index in [0.29, 0.717) is 5.69 Å². The summed E-state index contributed by atoms with van der Waals surface area (Å²) in [5.41, 5.74) is 0.891. The molecule has 0 bridgehead atoms. The average molecular weight is 421 g/mol. The van der Waals surface area contributed by atoms with Crippen LogP contribution in [-0.2, 0) is 6.67 Å². The quantitative estimate of drug-likeness (QED) is 0.359. The Morgan fingerprint density at radius 2 is 1.80 bits per heavy atom. The summed E-state index contributed by atoms with van der Waals surface area (Å²) >= 11 is 1.55. The summed E-state index contributed by atoms with van der Waals surface area (Å²) in [5, 5.41) is 21.5. The number of amides is 1. The monoisotopic (exact) mass is 421 g/mol. The fourth-order valence-electron chi connectivity index (χ4n) is 2.61. The molecule has 0 spiro atoms. The highest BCUT2D eigenvalue weighted by atomic mass is 32.2. The van der Waals surface area contributed by atoms with Crippen molar-refractivity contribution in [2.24, 2.45) is 0 Å². The molecule has 0 saturated carbocycles. The molecular weight excluding hydrogens is 406 g/mol. The molecule has 0 saturated heterocycles. The molecule has 0 radical (unpaired) electrons. The van der Waals surface area contributed by atoms with E-state index in [1.54, 1.807) is 24.0 Å². The van der Waals surface area contributed by atoms with Crippen molar-refractivity contribution < 1.29 is 9.72 Å². The molecule has 0 atom stereocenters. The van der Waals surface area contributed by atoms with Gasteiger partial charge in [-0.05, 0) is 35.3 Å². The van der Waals surface area contributed by atoms with Gasteiger partial charge in [-0.25, -0.2) is 4.68 Å². The zero-order valence-corrected chi connectivity index (χ0v) is 16.3. The van der Waals surface area contributed by atoms with Gasteiger partial charge in [0, 0.05) is 21.1 Å². The second kappa shape index (κ2) is 8.57. The second-order valence-electron chi connectivity index (χ2n) is 6.09. The first kappa shape index (κ1) is 19.3. The van der Waals surface area contributed by atoms with Crippen LogP contribution in [0.3, 0.4) is 0 Å². The van der Waals surface area contributed by atoms with Gasteiger partial charge in [-0.2, -0.15) is 9.78 Å². The molecular formula is C19H15N7O3S. The molecule has 0 aliphatic rings. The lowest BCUT2D eigenvalue weighted by Crippen LogP contribution is -2.15. The number of nitro groups is 1. The predicted octanol–water partition coefficient (Wildman–Crippen LogP) is 3.29. The Morgan fingerprint density at radius 1 is 1.03 bits per heavy atom. The Bertz CT molecular complexity index is 1190. The third kappa shape index (κ3) is 4.52. The number of carbonyl (C=O) groups excluding carboxylic acids is 1. The molecule has 2 aromatic carbocycles. The highest BCUT2D eigenvalue weighted by Crippen LogP contribution is 2.33. The van der Waals surface area contributed by atoms with E-state index in [4.69, 9.17) is 0 Å². The number of para-hydroxylation sites is 1. The number of anilines is 1. The second-order valence-corrected chi connectivity index (χ2v) is 7.20. The summed E-state index contributed by atoms with van der Waals surface area (Å²) in [5.74, 6) is -0.855. The van der Waals surface area contributed by atoms with Crippen LogP contribution in [0.15, 0.2) is 83.0 Å². The van der Waals surface area contributed by atoms with E-state index in [0.717, 1.165) is 9.79 Å². The van der Waals surface area contributed by atoms with Gasteiger partial charge in [0.2, 0.25) is 6.33 Å². The van der Waals surface area contributed by atoms with Crippen LogP contribution in [0.2, 0.25) is 0 Å². The van der Waals surface area contributed by atoms with Crippen molar-refractivity contribution in [3.63, 3.8) is 0 Å². The van der Waals surface area contributed by atoms with Crippen molar-refractivity contribution in [2.45, 2.75) is 16.5 Å². The van der Waals surface area contributed by atoms with Crippen LogP contribution in [0.4, 0.5) is 11.6 Å². The number of nitrogens with zero attached hydrogens (tertiary/aromatic N) is 6. The van der Waals surface area contributed by atoms with Gasteiger partial charge >= 0.3 is 5.95 Å². The molecule has 0 fully saturated rings. The van der Waals surface area contributed by atoms with Crippen molar-refractivity contribution >= 4 is 29.3 Å². The minimum absolute atomic E-state index is 0.0918. The Balaban J connectivity index is 1.45. The SMILES string of the molecule is O=C(Nc1ccccc1Sc1ccccc1)c1ccn(Cn2cnc([N+](=O)[O-])n2)n1. The van der Waals surface area contributed by atoms with Crippen LogP contribution in [0.1, 0.15) is 10.5 Å². The third-order valence-corrected chi connectivity index (χ3v) is 5.04. The number of nitrogens with one attached hydrogen (secondary N) is 1. The van der Waals surface area contributed by atoms with Gasteiger partial charge in [0.15, 0.2) is 12.4 Å². The number of hydrogen-bond acceptors (Lipinski definition) is 7. The summed E-state index contributed by atoms with van der Waals surface area (Å²) in [4.78, 5) is 28.2. The first-order valence-corrected chi connectivity index (χ1v) is 9.61. The van der Waals surface area contributed by atoms with Crippen LogP contribution >= 0.6 is 11.8 Å². The van der Waals surface area contributed by atoms with Gasteiger partial charge in [0.1, 0.15) is 0 Å². The van der Waals surface area contributed by atoms with Crippen molar-refractivity contribution in [1.82, 2.24) is 24.5 Å².